The van der Waals surface area contributed by atoms with Gasteiger partial charge in [-0.05, 0) is 42.9 Å². The zero-order chi connectivity index (χ0) is 19.3. The van der Waals surface area contributed by atoms with Gasteiger partial charge in [-0.1, -0.05) is 23.7 Å². The van der Waals surface area contributed by atoms with Gasteiger partial charge in [-0.25, -0.2) is 4.39 Å². The molecule has 1 aromatic heterocycles. The fourth-order valence-corrected chi connectivity index (χ4v) is 4.63. The van der Waals surface area contributed by atoms with Gasteiger partial charge in [0, 0.05) is 46.7 Å². The molecule has 2 aromatic carbocycles. The maximum Gasteiger partial charge on any atom is 0.213 e. The van der Waals surface area contributed by atoms with Gasteiger partial charge in [0.2, 0.25) is 5.79 Å². The number of rotatable bonds is 3. The van der Waals surface area contributed by atoms with E-state index in [2.05, 4.69) is 22.6 Å². The molecule has 0 atom stereocenters. The van der Waals surface area contributed by atoms with Crippen molar-refractivity contribution in [2.75, 3.05) is 26.8 Å². The topological polar surface area (TPSA) is 26.6 Å². The van der Waals surface area contributed by atoms with Crippen molar-refractivity contribution in [2.24, 2.45) is 0 Å². The number of nitrogens with zero attached hydrogens (tertiary/aromatic N) is 2. The third-order valence-corrected chi connectivity index (χ3v) is 6.05. The van der Waals surface area contributed by atoms with Crippen LogP contribution in [0.25, 0.3) is 10.9 Å². The van der Waals surface area contributed by atoms with Crippen molar-refractivity contribution in [1.29, 1.82) is 0 Å². The van der Waals surface area contributed by atoms with Crippen molar-refractivity contribution in [3.63, 3.8) is 0 Å². The third-order valence-electron chi connectivity index (χ3n) is 5.81. The highest BCUT2D eigenvalue weighted by atomic mass is 35.5. The summed E-state index contributed by atoms with van der Waals surface area (Å²) in [5.41, 5.74) is 4.59. The molecule has 2 aliphatic heterocycles. The van der Waals surface area contributed by atoms with E-state index >= 15 is 0 Å². The summed E-state index contributed by atoms with van der Waals surface area (Å²) in [6.07, 6.45) is 0.956. The molecule has 1 fully saturated rings. The number of benzene rings is 2. The predicted molar refractivity (Wildman–Crippen MR) is 107 cm³/mol. The second-order valence-corrected chi connectivity index (χ2v) is 8.05. The number of ether oxygens (including phenoxy) is 2. The first-order valence-electron chi connectivity index (χ1n) is 9.58. The monoisotopic (exact) mass is 400 g/mol. The van der Waals surface area contributed by atoms with Crippen LogP contribution in [-0.4, -0.2) is 36.3 Å². The Morgan fingerprint density at radius 1 is 1.11 bits per heavy atom. The van der Waals surface area contributed by atoms with Gasteiger partial charge in [-0.2, -0.15) is 0 Å². The van der Waals surface area contributed by atoms with Gasteiger partial charge in [-0.3, -0.25) is 0 Å². The largest absolute Gasteiger partial charge is 0.342 e. The average molecular weight is 401 g/mol. The summed E-state index contributed by atoms with van der Waals surface area (Å²) in [4.78, 5) is 2.32. The van der Waals surface area contributed by atoms with E-state index in [9.17, 15) is 4.39 Å². The van der Waals surface area contributed by atoms with Crippen LogP contribution < -0.4 is 0 Å². The van der Waals surface area contributed by atoms with Crippen molar-refractivity contribution in [1.82, 2.24) is 9.47 Å². The molecule has 0 unspecified atom stereocenters. The fraction of sp³-hybridized carbons (Fsp3) is 0.364. The number of hydrogen-bond donors (Lipinski definition) is 0. The van der Waals surface area contributed by atoms with Crippen molar-refractivity contribution in [3.8, 4) is 0 Å². The zero-order valence-electron chi connectivity index (χ0n) is 15.8. The SMILES string of the molecule is CN1CCc2c(c3cc(Cl)ccc3n2CC2(c3ccc(F)cc3)OCCO2)C1. The quantitative estimate of drug-likeness (QED) is 0.655. The molecule has 28 heavy (non-hydrogen) atoms. The Kier molecular flexibility index (Phi) is 4.43. The fourth-order valence-electron chi connectivity index (χ4n) is 4.45. The van der Waals surface area contributed by atoms with E-state index in [1.54, 1.807) is 12.1 Å². The maximum absolute atomic E-state index is 13.5. The van der Waals surface area contributed by atoms with E-state index in [0.29, 0.717) is 19.8 Å². The van der Waals surface area contributed by atoms with Crippen LogP contribution >= 0.6 is 11.6 Å². The Hall–Kier alpha value is -1.92. The molecular formula is C22H22ClFN2O2. The molecule has 0 amide bonds. The Labute approximate surface area is 168 Å². The smallest absolute Gasteiger partial charge is 0.213 e. The lowest BCUT2D eigenvalue weighted by atomic mass is 10.0. The number of hydrogen-bond acceptors (Lipinski definition) is 3. The minimum Gasteiger partial charge on any atom is -0.342 e. The van der Waals surface area contributed by atoms with Gasteiger partial charge in [0.25, 0.3) is 0 Å². The van der Waals surface area contributed by atoms with Gasteiger partial charge in [-0.15, -0.1) is 0 Å². The van der Waals surface area contributed by atoms with E-state index < -0.39 is 5.79 Å². The van der Waals surface area contributed by atoms with Crippen LogP contribution in [-0.2, 0) is 34.8 Å². The van der Waals surface area contributed by atoms with Gasteiger partial charge >= 0.3 is 0 Å². The van der Waals surface area contributed by atoms with Crippen molar-refractivity contribution in [2.45, 2.75) is 25.3 Å². The molecule has 146 valence electrons. The second kappa shape index (κ2) is 6.85. The molecule has 0 saturated carbocycles. The highest BCUT2D eigenvalue weighted by Crippen LogP contribution is 2.38. The molecule has 1 saturated heterocycles. The summed E-state index contributed by atoms with van der Waals surface area (Å²) in [6, 6.07) is 12.5. The number of aromatic nitrogens is 1. The Morgan fingerprint density at radius 3 is 2.61 bits per heavy atom. The van der Waals surface area contributed by atoms with Crippen LogP contribution in [0.4, 0.5) is 4.39 Å². The molecule has 0 aliphatic carbocycles. The van der Waals surface area contributed by atoms with E-state index in [1.807, 2.05) is 12.1 Å². The number of halogens is 2. The van der Waals surface area contributed by atoms with Crippen molar-refractivity contribution < 1.29 is 13.9 Å². The molecule has 0 N–H and O–H groups in total. The van der Waals surface area contributed by atoms with E-state index in [-0.39, 0.29) is 5.82 Å². The van der Waals surface area contributed by atoms with Crippen LogP contribution in [0.5, 0.6) is 0 Å². The second-order valence-electron chi connectivity index (χ2n) is 7.62. The molecule has 4 nitrogen and oxygen atoms in total. The van der Waals surface area contributed by atoms with Gasteiger partial charge in [0.15, 0.2) is 0 Å². The standard InChI is InChI=1S/C22H22ClFN2O2/c1-25-9-8-21-19(13-25)18-12-16(23)4-7-20(18)26(21)14-22(27-10-11-28-22)15-2-5-17(24)6-3-15/h2-7,12H,8-11,13-14H2,1H3. The molecule has 3 heterocycles. The molecule has 0 spiro atoms. The van der Waals surface area contributed by atoms with E-state index in [1.165, 1.54) is 28.8 Å². The first-order chi connectivity index (χ1) is 13.6. The van der Waals surface area contributed by atoms with Crippen LogP contribution in [0.2, 0.25) is 5.02 Å². The summed E-state index contributed by atoms with van der Waals surface area (Å²) in [7, 11) is 2.14. The summed E-state index contributed by atoms with van der Waals surface area (Å²) in [5.74, 6) is -1.17. The average Bonchev–Trinajstić information content (AvgIpc) is 3.27. The van der Waals surface area contributed by atoms with Gasteiger partial charge < -0.3 is 18.9 Å². The summed E-state index contributed by atoms with van der Waals surface area (Å²) in [5, 5.41) is 1.92. The molecule has 5 rings (SSSR count). The third kappa shape index (κ3) is 2.94. The Morgan fingerprint density at radius 2 is 1.86 bits per heavy atom. The van der Waals surface area contributed by atoms with E-state index in [0.717, 1.165) is 35.6 Å². The first kappa shape index (κ1) is 18.1. The van der Waals surface area contributed by atoms with Gasteiger partial charge in [0.1, 0.15) is 5.82 Å². The van der Waals surface area contributed by atoms with Gasteiger partial charge in [0.05, 0.1) is 19.8 Å². The number of likely N-dealkylation sites (N-methyl/N-ethyl adjacent to an activating group) is 1. The van der Waals surface area contributed by atoms with E-state index in [4.69, 9.17) is 21.1 Å². The lowest BCUT2D eigenvalue weighted by Gasteiger charge is -2.31. The molecule has 6 heteroatoms. The molecule has 2 aliphatic rings. The summed E-state index contributed by atoms with van der Waals surface area (Å²) in [6.45, 7) is 3.46. The number of fused-ring (bicyclic) bond motifs is 3. The summed E-state index contributed by atoms with van der Waals surface area (Å²) < 4.78 is 28.0. The molecule has 3 aromatic rings. The minimum absolute atomic E-state index is 0.265. The van der Waals surface area contributed by atoms with Crippen LogP contribution in [0.3, 0.4) is 0 Å². The first-order valence-corrected chi connectivity index (χ1v) is 9.95. The van der Waals surface area contributed by atoms with Crippen LogP contribution in [0.15, 0.2) is 42.5 Å². The lowest BCUT2D eigenvalue weighted by Crippen LogP contribution is -2.34. The highest BCUT2D eigenvalue weighted by Gasteiger charge is 2.40. The van der Waals surface area contributed by atoms with Crippen LogP contribution in [0.1, 0.15) is 16.8 Å². The summed E-state index contributed by atoms with van der Waals surface area (Å²) >= 11 is 6.31. The molecular weight excluding hydrogens is 379 g/mol. The molecule has 0 bridgehead atoms. The Balaban J connectivity index is 1.65. The Bertz CT molecular complexity index is 1030. The van der Waals surface area contributed by atoms with Crippen molar-refractivity contribution in [3.05, 3.63) is 70.1 Å². The van der Waals surface area contributed by atoms with Crippen molar-refractivity contribution >= 4 is 22.5 Å². The predicted octanol–water partition coefficient (Wildman–Crippen LogP) is 4.32. The maximum atomic E-state index is 13.5. The lowest BCUT2D eigenvalue weighted by molar-refractivity contribution is -0.175. The highest BCUT2D eigenvalue weighted by molar-refractivity contribution is 6.31. The molecule has 0 radical (unpaired) electrons. The minimum atomic E-state index is -0.906. The normalized spacial score (nSPS) is 19.2. The van der Waals surface area contributed by atoms with Crippen LogP contribution in [0, 0.1) is 5.82 Å². The zero-order valence-corrected chi connectivity index (χ0v) is 16.5.